The summed E-state index contributed by atoms with van der Waals surface area (Å²) in [4.78, 5) is 0. The zero-order chi connectivity index (χ0) is 13.3. The first kappa shape index (κ1) is 13.1. The van der Waals surface area contributed by atoms with Crippen LogP contribution in [-0.4, -0.2) is 21.2 Å². The molecule has 1 spiro atoms. The molecule has 1 aromatic carbocycles. The molecule has 1 saturated carbocycles. The summed E-state index contributed by atoms with van der Waals surface area (Å²) in [6.07, 6.45) is 3.38. The van der Waals surface area contributed by atoms with Crippen molar-refractivity contribution in [2.75, 3.05) is 6.61 Å². The van der Waals surface area contributed by atoms with Crippen LogP contribution >= 0.6 is 0 Å². The van der Waals surface area contributed by atoms with Gasteiger partial charge in [-0.05, 0) is 18.9 Å². The summed E-state index contributed by atoms with van der Waals surface area (Å²) >= 11 is -2.53. The highest BCUT2D eigenvalue weighted by atomic mass is 32.2. The molecule has 1 unspecified atom stereocenters. The van der Waals surface area contributed by atoms with Gasteiger partial charge in [0.05, 0.1) is 18.0 Å². The quantitative estimate of drug-likeness (QED) is 0.796. The Morgan fingerprint density at radius 1 is 1.37 bits per heavy atom. The molecule has 0 N–H and O–H groups in total. The number of fused-ring (bicyclic) bond motifs is 1. The Morgan fingerprint density at radius 3 is 2.84 bits per heavy atom. The maximum Gasteiger partial charge on any atom is 0.211 e. The lowest BCUT2D eigenvalue weighted by Crippen LogP contribution is -2.42. The molecular formula is C13H15O5S-. The van der Waals surface area contributed by atoms with Crippen molar-refractivity contribution in [3.63, 3.8) is 0 Å². The third-order valence-corrected chi connectivity index (χ3v) is 3.93. The zero-order valence-corrected chi connectivity index (χ0v) is 11.2. The van der Waals surface area contributed by atoms with Crippen LogP contribution in [0, 0.1) is 0 Å². The molecule has 0 radical (unpaired) electrons. The minimum atomic E-state index is -2.53. The summed E-state index contributed by atoms with van der Waals surface area (Å²) in [6.45, 7) is -0.0156. The monoisotopic (exact) mass is 283 g/mol. The lowest BCUT2D eigenvalue weighted by atomic mass is 10.1. The molecule has 1 fully saturated rings. The molecule has 5 nitrogen and oxygen atoms in total. The summed E-state index contributed by atoms with van der Waals surface area (Å²) in [5.74, 6) is 0.160. The highest BCUT2D eigenvalue weighted by Gasteiger charge is 2.44. The SMILES string of the molecule is O=S([O-])OC[C@@H]1OC2(CCCC2)Oc2ccccc21. The number of rotatable bonds is 3. The van der Waals surface area contributed by atoms with E-state index < -0.39 is 23.3 Å². The lowest BCUT2D eigenvalue weighted by molar-refractivity contribution is -0.230. The third-order valence-electron chi connectivity index (χ3n) is 3.60. The van der Waals surface area contributed by atoms with Gasteiger partial charge in [-0.2, -0.15) is 0 Å². The van der Waals surface area contributed by atoms with Gasteiger partial charge in [0, 0.05) is 18.4 Å². The number of hydrogen-bond donors (Lipinski definition) is 0. The van der Waals surface area contributed by atoms with Crippen LogP contribution in [0.5, 0.6) is 5.75 Å². The van der Waals surface area contributed by atoms with Crippen LogP contribution in [0.2, 0.25) is 0 Å². The van der Waals surface area contributed by atoms with Gasteiger partial charge in [-0.3, -0.25) is 4.18 Å². The molecule has 0 saturated heterocycles. The molecule has 2 atom stereocenters. The van der Waals surface area contributed by atoms with Gasteiger partial charge >= 0.3 is 0 Å². The predicted molar refractivity (Wildman–Crippen MR) is 67.0 cm³/mol. The average Bonchev–Trinajstić information content (AvgIpc) is 2.83. The number of ether oxygens (including phenoxy) is 2. The van der Waals surface area contributed by atoms with Crippen LogP contribution in [0.3, 0.4) is 0 Å². The number of hydrogen-bond acceptors (Lipinski definition) is 5. The van der Waals surface area contributed by atoms with E-state index in [-0.39, 0.29) is 6.61 Å². The van der Waals surface area contributed by atoms with E-state index in [1.165, 1.54) is 0 Å². The van der Waals surface area contributed by atoms with Crippen LogP contribution in [0.25, 0.3) is 0 Å². The van der Waals surface area contributed by atoms with Gasteiger partial charge in [-0.25, -0.2) is 4.21 Å². The molecule has 1 heterocycles. The lowest BCUT2D eigenvalue weighted by Gasteiger charge is -2.39. The van der Waals surface area contributed by atoms with E-state index in [4.69, 9.17) is 9.47 Å². The Hall–Kier alpha value is -0.950. The second-order valence-corrected chi connectivity index (χ2v) is 5.50. The number of para-hydroxylation sites is 1. The fourth-order valence-corrected chi connectivity index (χ4v) is 3.00. The van der Waals surface area contributed by atoms with Crippen molar-refractivity contribution in [1.82, 2.24) is 0 Å². The Morgan fingerprint density at radius 2 is 2.11 bits per heavy atom. The largest absolute Gasteiger partial charge is 0.750 e. The summed E-state index contributed by atoms with van der Waals surface area (Å²) < 4.78 is 37.8. The van der Waals surface area contributed by atoms with Gasteiger partial charge in [-0.1, -0.05) is 18.2 Å². The fraction of sp³-hybridized carbons (Fsp3) is 0.538. The Labute approximate surface area is 114 Å². The maximum absolute atomic E-state index is 10.6. The van der Waals surface area contributed by atoms with Gasteiger partial charge in [-0.15, -0.1) is 0 Å². The van der Waals surface area contributed by atoms with Crippen molar-refractivity contribution in [1.29, 1.82) is 0 Å². The van der Waals surface area contributed by atoms with Crippen LogP contribution in [-0.2, 0) is 20.3 Å². The normalized spacial score (nSPS) is 25.8. The van der Waals surface area contributed by atoms with E-state index in [0.717, 1.165) is 37.0 Å². The van der Waals surface area contributed by atoms with Crippen molar-refractivity contribution in [3.8, 4) is 5.75 Å². The molecule has 6 heteroatoms. The predicted octanol–water partition coefficient (Wildman–Crippen LogP) is 2.22. The first-order valence-corrected chi connectivity index (χ1v) is 7.37. The Kier molecular flexibility index (Phi) is 3.58. The fourth-order valence-electron chi connectivity index (χ4n) is 2.76. The van der Waals surface area contributed by atoms with E-state index in [9.17, 15) is 8.76 Å². The van der Waals surface area contributed by atoms with E-state index in [2.05, 4.69) is 4.18 Å². The minimum Gasteiger partial charge on any atom is -0.750 e. The van der Waals surface area contributed by atoms with E-state index >= 15 is 0 Å². The highest BCUT2D eigenvalue weighted by Crippen LogP contribution is 2.45. The molecule has 2 aliphatic rings. The van der Waals surface area contributed by atoms with Gasteiger partial charge in [0.15, 0.2) is 0 Å². The smallest absolute Gasteiger partial charge is 0.211 e. The molecule has 1 aliphatic heterocycles. The zero-order valence-electron chi connectivity index (χ0n) is 10.4. The third kappa shape index (κ3) is 2.67. The first-order valence-electron chi connectivity index (χ1n) is 6.37. The highest BCUT2D eigenvalue weighted by molar-refractivity contribution is 7.74. The summed E-state index contributed by atoms with van der Waals surface area (Å²) in [6, 6.07) is 7.54. The molecule has 0 aromatic heterocycles. The van der Waals surface area contributed by atoms with Gasteiger partial charge in [0.25, 0.3) is 0 Å². The van der Waals surface area contributed by atoms with Gasteiger partial charge in [0.1, 0.15) is 11.9 Å². The molecular weight excluding hydrogens is 268 g/mol. The van der Waals surface area contributed by atoms with Crippen LogP contribution in [0.1, 0.15) is 37.4 Å². The van der Waals surface area contributed by atoms with Crippen molar-refractivity contribution in [2.24, 2.45) is 0 Å². The summed E-state index contributed by atoms with van der Waals surface area (Å²) in [5, 5.41) is 0. The molecule has 104 valence electrons. The first-order chi connectivity index (χ1) is 9.19. The molecule has 0 amide bonds. The number of benzene rings is 1. The minimum absolute atomic E-state index is 0.0156. The average molecular weight is 283 g/mol. The van der Waals surface area contributed by atoms with Crippen molar-refractivity contribution in [2.45, 2.75) is 37.6 Å². The Bertz CT molecular complexity index is 484. The van der Waals surface area contributed by atoms with Crippen molar-refractivity contribution in [3.05, 3.63) is 29.8 Å². The van der Waals surface area contributed by atoms with E-state index in [1.54, 1.807) is 0 Å². The van der Waals surface area contributed by atoms with Crippen molar-refractivity contribution >= 4 is 11.4 Å². The topological polar surface area (TPSA) is 67.8 Å². The van der Waals surface area contributed by atoms with Crippen LogP contribution in [0.15, 0.2) is 24.3 Å². The summed E-state index contributed by atoms with van der Waals surface area (Å²) in [7, 11) is 0. The molecule has 19 heavy (non-hydrogen) atoms. The van der Waals surface area contributed by atoms with E-state index in [0.29, 0.717) is 0 Å². The van der Waals surface area contributed by atoms with Gasteiger partial charge in [0.2, 0.25) is 5.79 Å². The Balaban J connectivity index is 1.87. The van der Waals surface area contributed by atoms with Gasteiger partial charge < -0.3 is 14.0 Å². The molecule has 1 aromatic rings. The molecule has 3 rings (SSSR count). The second-order valence-electron chi connectivity index (χ2n) is 4.85. The van der Waals surface area contributed by atoms with Crippen LogP contribution in [0.4, 0.5) is 0 Å². The molecule has 0 bridgehead atoms. The van der Waals surface area contributed by atoms with E-state index in [1.807, 2.05) is 24.3 Å². The van der Waals surface area contributed by atoms with Crippen LogP contribution < -0.4 is 4.74 Å². The van der Waals surface area contributed by atoms with Crippen molar-refractivity contribution < 1.29 is 22.4 Å². The molecule has 1 aliphatic carbocycles. The maximum atomic E-state index is 10.6. The summed E-state index contributed by atoms with van der Waals surface area (Å²) in [5.41, 5.74) is 0.838. The second kappa shape index (κ2) is 5.20. The standard InChI is InChI=1S/C13H16O5S/c14-19(15)16-9-12-10-5-1-2-6-11(10)17-13(18-12)7-3-4-8-13/h1-2,5-6,12H,3-4,7-9H2,(H,14,15)/p-1/t12-/m0/s1.